The molecule has 1 aliphatic carbocycles. The molecule has 0 radical (unpaired) electrons. The van der Waals surface area contributed by atoms with Crippen molar-refractivity contribution in [2.45, 2.75) is 37.9 Å². The molecule has 0 aromatic carbocycles. The van der Waals surface area contributed by atoms with Crippen LogP contribution in [-0.4, -0.2) is 6.04 Å². The first-order chi connectivity index (χ1) is 6.10. The van der Waals surface area contributed by atoms with Crippen LogP contribution in [-0.2, 0) is 5.67 Å². The first kappa shape index (κ1) is 9.16. The zero-order valence-corrected chi connectivity index (χ0v) is 8.53. The number of nitrogens with two attached hydrogens (primary N) is 1. The lowest BCUT2D eigenvalue weighted by Gasteiger charge is -2.16. The van der Waals surface area contributed by atoms with E-state index in [4.69, 9.17) is 5.73 Å². The summed E-state index contributed by atoms with van der Waals surface area (Å²) < 4.78 is 14.2. The van der Waals surface area contributed by atoms with Gasteiger partial charge >= 0.3 is 0 Å². The molecule has 0 saturated heterocycles. The molecule has 72 valence electrons. The predicted octanol–water partition coefficient (Wildman–Crippen LogP) is 2.73. The third-order valence-corrected chi connectivity index (χ3v) is 3.86. The molecular formula is C10H14FNS. The average molecular weight is 199 g/mol. The van der Waals surface area contributed by atoms with E-state index < -0.39 is 5.67 Å². The molecule has 1 aliphatic rings. The summed E-state index contributed by atoms with van der Waals surface area (Å²) in [5.41, 5.74) is 4.59. The second kappa shape index (κ2) is 3.07. The van der Waals surface area contributed by atoms with E-state index >= 15 is 0 Å². The van der Waals surface area contributed by atoms with Gasteiger partial charge in [-0.25, -0.2) is 4.39 Å². The SMILES string of the molecule is Cc1ccc(C2(F)CCC(N)C2)s1. The van der Waals surface area contributed by atoms with Crippen molar-refractivity contribution >= 4 is 11.3 Å². The monoisotopic (exact) mass is 199 g/mol. The van der Waals surface area contributed by atoms with Crippen molar-refractivity contribution in [2.75, 3.05) is 0 Å². The number of thiophene rings is 1. The fraction of sp³-hybridized carbons (Fsp3) is 0.600. The Morgan fingerprint density at radius 3 is 2.85 bits per heavy atom. The standard InChI is InChI=1S/C10H14FNS/c1-7-2-3-9(13-7)10(11)5-4-8(12)6-10/h2-3,8H,4-6,12H2,1H3. The lowest BCUT2D eigenvalue weighted by molar-refractivity contribution is 0.177. The van der Waals surface area contributed by atoms with Crippen molar-refractivity contribution in [3.8, 4) is 0 Å². The zero-order valence-electron chi connectivity index (χ0n) is 7.72. The van der Waals surface area contributed by atoms with Crippen LogP contribution < -0.4 is 5.73 Å². The first-order valence-corrected chi connectivity index (χ1v) is 5.43. The molecule has 2 unspecified atom stereocenters. The maximum absolute atomic E-state index is 14.2. The Hall–Kier alpha value is -0.410. The van der Waals surface area contributed by atoms with Gasteiger partial charge in [-0.05, 0) is 31.9 Å². The second-order valence-corrected chi connectivity index (χ2v) is 5.17. The van der Waals surface area contributed by atoms with E-state index in [0.29, 0.717) is 12.8 Å². The van der Waals surface area contributed by atoms with Gasteiger partial charge < -0.3 is 5.73 Å². The minimum atomic E-state index is -1.13. The van der Waals surface area contributed by atoms with E-state index in [-0.39, 0.29) is 6.04 Å². The molecule has 3 heteroatoms. The molecule has 0 aliphatic heterocycles. The maximum atomic E-state index is 14.2. The predicted molar refractivity (Wildman–Crippen MR) is 53.7 cm³/mol. The summed E-state index contributed by atoms with van der Waals surface area (Å²) in [7, 11) is 0. The van der Waals surface area contributed by atoms with Gasteiger partial charge in [-0.1, -0.05) is 0 Å². The Morgan fingerprint density at radius 2 is 2.38 bits per heavy atom. The van der Waals surface area contributed by atoms with E-state index in [2.05, 4.69) is 0 Å². The summed E-state index contributed by atoms with van der Waals surface area (Å²) in [4.78, 5) is 2.03. The van der Waals surface area contributed by atoms with Crippen LogP contribution in [0, 0.1) is 6.92 Å². The third-order valence-electron chi connectivity index (χ3n) is 2.68. The maximum Gasteiger partial charge on any atom is 0.146 e. The Balaban J connectivity index is 2.25. The summed E-state index contributed by atoms with van der Waals surface area (Å²) in [6.07, 6.45) is 1.90. The molecule has 0 bridgehead atoms. The van der Waals surface area contributed by atoms with E-state index in [1.165, 1.54) is 4.88 Å². The van der Waals surface area contributed by atoms with Crippen LogP contribution in [0.2, 0.25) is 0 Å². The van der Waals surface area contributed by atoms with Gasteiger partial charge in [0.25, 0.3) is 0 Å². The normalized spacial score (nSPS) is 33.9. The van der Waals surface area contributed by atoms with Crippen LogP contribution in [0.1, 0.15) is 29.0 Å². The topological polar surface area (TPSA) is 26.0 Å². The second-order valence-electron chi connectivity index (χ2n) is 3.88. The first-order valence-electron chi connectivity index (χ1n) is 4.61. The molecule has 2 atom stereocenters. The van der Waals surface area contributed by atoms with E-state index in [1.54, 1.807) is 11.3 Å². The molecule has 2 N–H and O–H groups in total. The lowest BCUT2D eigenvalue weighted by atomic mass is 10.0. The van der Waals surface area contributed by atoms with Crippen LogP contribution in [0.5, 0.6) is 0 Å². The van der Waals surface area contributed by atoms with Crippen molar-refractivity contribution < 1.29 is 4.39 Å². The molecule has 1 aromatic heterocycles. The average Bonchev–Trinajstić information content (AvgIpc) is 2.60. The Bertz CT molecular complexity index is 310. The van der Waals surface area contributed by atoms with Crippen LogP contribution in [0.4, 0.5) is 4.39 Å². The minimum absolute atomic E-state index is 0.0485. The van der Waals surface area contributed by atoms with Crippen molar-refractivity contribution in [1.82, 2.24) is 0 Å². The van der Waals surface area contributed by atoms with Crippen LogP contribution in [0.3, 0.4) is 0 Å². The molecule has 0 spiro atoms. The van der Waals surface area contributed by atoms with Gasteiger partial charge in [0.2, 0.25) is 0 Å². The van der Waals surface area contributed by atoms with Crippen LogP contribution in [0.25, 0.3) is 0 Å². The van der Waals surface area contributed by atoms with Gasteiger partial charge in [-0.2, -0.15) is 0 Å². The Labute approximate surface area is 81.8 Å². The summed E-state index contributed by atoms with van der Waals surface area (Å²) in [5.74, 6) is 0. The highest BCUT2D eigenvalue weighted by atomic mass is 32.1. The van der Waals surface area contributed by atoms with Crippen LogP contribution in [0.15, 0.2) is 12.1 Å². The van der Waals surface area contributed by atoms with Gasteiger partial charge in [-0.3, -0.25) is 0 Å². The van der Waals surface area contributed by atoms with Crippen molar-refractivity contribution in [3.05, 3.63) is 21.9 Å². The molecule has 1 aromatic rings. The molecule has 2 rings (SSSR count). The molecular weight excluding hydrogens is 185 g/mol. The highest BCUT2D eigenvalue weighted by Crippen LogP contribution is 2.44. The fourth-order valence-electron chi connectivity index (χ4n) is 1.93. The molecule has 13 heavy (non-hydrogen) atoms. The summed E-state index contributed by atoms with van der Waals surface area (Å²) in [6, 6.07) is 3.93. The third kappa shape index (κ3) is 1.63. The molecule has 0 amide bonds. The summed E-state index contributed by atoms with van der Waals surface area (Å²) >= 11 is 1.56. The van der Waals surface area contributed by atoms with Gasteiger partial charge in [-0.15, -0.1) is 11.3 Å². The summed E-state index contributed by atoms with van der Waals surface area (Å²) in [6.45, 7) is 2.01. The smallest absolute Gasteiger partial charge is 0.146 e. The minimum Gasteiger partial charge on any atom is -0.328 e. The lowest BCUT2D eigenvalue weighted by Crippen LogP contribution is -2.20. The quantitative estimate of drug-likeness (QED) is 0.739. The Morgan fingerprint density at radius 1 is 1.62 bits per heavy atom. The fourth-order valence-corrected chi connectivity index (χ4v) is 2.92. The van der Waals surface area contributed by atoms with E-state index in [9.17, 15) is 4.39 Å². The molecule has 1 heterocycles. The number of hydrogen-bond acceptors (Lipinski definition) is 2. The number of rotatable bonds is 1. The summed E-state index contributed by atoms with van der Waals surface area (Å²) in [5, 5.41) is 0. The van der Waals surface area contributed by atoms with Crippen molar-refractivity contribution in [2.24, 2.45) is 5.73 Å². The molecule has 1 saturated carbocycles. The van der Waals surface area contributed by atoms with E-state index in [1.807, 2.05) is 19.1 Å². The van der Waals surface area contributed by atoms with Crippen LogP contribution >= 0.6 is 11.3 Å². The largest absolute Gasteiger partial charge is 0.328 e. The molecule has 1 fully saturated rings. The van der Waals surface area contributed by atoms with Crippen molar-refractivity contribution in [1.29, 1.82) is 0 Å². The number of halogens is 1. The van der Waals surface area contributed by atoms with Gasteiger partial charge in [0, 0.05) is 22.2 Å². The van der Waals surface area contributed by atoms with Crippen molar-refractivity contribution in [3.63, 3.8) is 0 Å². The zero-order chi connectivity index (χ0) is 9.47. The number of aryl methyl sites for hydroxylation is 1. The van der Waals surface area contributed by atoms with Gasteiger partial charge in [0.05, 0.1) is 0 Å². The number of alkyl halides is 1. The van der Waals surface area contributed by atoms with E-state index in [0.717, 1.165) is 11.3 Å². The Kier molecular flexibility index (Phi) is 2.16. The highest BCUT2D eigenvalue weighted by molar-refractivity contribution is 7.12. The highest BCUT2D eigenvalue weighted by Gasteiger charge is 2.40. The number of hydrogen-bond donors (Lipinski definition) is 1. The van der Waals surface area contributed by atoms with Gasteiger partial charge in [0.15, 0.2) is 0 Å². The molecule has 1 nitrogen and oxygen atoms in total. The van der Waals surface area contributed by atoms with Gasteiger partial charge in [0.1, 0.15) is 5.67 Å².